The average molecular weight is 381 g/mol. The molecule has 3 nitrogen and oxygen atoms in total. The first-order valence-corrected chi connectivity index (χ1v) is 7.49. The standard InChI is InChI=1S/C13H18ClIN2O/c1-17(2)12-8-16-5-6-18-13(12)9-3-4-10(14)11(15)7-9/h3-4,7,12-13,16H,5-6,8H2,1-2H3/t12-,13+/m1/s1. The minimum atomic E-state index is 0.0979. The number of nitrogens with one attached hydrogen (secondary N) is 1. The molecule has 1 N–H and O–H groups in total. The van der Waals surface area contributed by atoms with Crippen LogP contribution in [0.2, 0.25) is 5.02 Å². The SMILES string of the molecule is CN(C)[C@@H]1CNCCO[C@H]1c1ccc(Cl)c(I)c1. The molecule has 0 aromatic heterocycles. The van der Waals surface area contributed by atoms with Crippen LogP contribution >= 0.6 is 34.2 Å². The molecule has 0 radical (unpaired) electrons. The van der Waals surface area contributed by atoms with Gasteiger partial charge in [0.1, 0.15) is 0 Å². The molecule has 1 aliphatic rings. The highest BCUT2D eigenvalue weighted by molar-refractivity contribution is 14.1. The molecular weight excluding hydrogens is 363 g/mol. The molecule has 1 aromatic rings. The molecule has 0 spiro atoms. The predicted octanol–water partition coefficient (Wildman–Crippen LogP) is 2.54. The fourth-order valence-corrected chi connectivity index (χ4v) is 2.84. The Morgan fingerprint density at radius 1 is 1.44 bits per heavy atom. The molecule has 1 aliphatic heterocycles. The van der Waals surface area contributed by atoms with E-state index in [1.807, 2.05) is 6.07 Å². The van der Waals surface area contributed by atoms with Crippen molar-refractivity contribution in [1.29, 1.82) is 0 Å². The monoisotopic (exact) mass is 380 g/mol. The Labute approximate surface area is 127 Å². The Balaban J connectivity index is 2.28. The number of halogens is 2. The Morgan fingerprint density at radius 2 is 2.22 bits per heavy atom. The molecule has 100 valence electrons. The second-order valence-corrected chi connectivity index (χ2v) is 6.27. The van der Waals surface area contributed by atoms with Gasteiger partial charge in [0.2, 0.25) is 0 Å². The first-order valence-electron chi connectivity index (χ1n) is 6.03. The molecular formula is C13H18ClIN2O. The third kappa shape index (κ3) is 3.36. The lowest BCUT2D eigenvalue weighted by Gasteiger charge is -2.30. The number of nitrogens with zero attached hydrogens (tertiary/aromatic N) is 1. The van der Waals surface area contributed by atoms with Gasteiger partial charge in [-0.3, -0.25) is 0 Å². The zero-order valence-corrected chi connectivity index (χ0v) is 13.5. The highest BCUT2D eigenvalue weighted by atomic mass is 127. The van der Waals surface area contributed by atoms with Crippen molar-refractivity contribution in [2.24, 2.45) is 0 Å². The van der Waals surface area contributed by atoms with E-state index in [9.17, 15) is 0 Å². The summed E-state index contributed by atoms with van der Waals surface area (Å²) in [5, 5.41) is 4.21. The van der Waals surface area contributed by atoms with Crippen LogP contribution in [0.3, 0.4) is 0 Å². The lowest BCUT2D eigenvalue weighted by atomic mass is 10.0. The van der Waals surface area contributed by atoms with Gasteiger partial charge in [-0.05, 0) is 54.4 Å². The van der Waals surface area contributed by atoms with Crippen molar-refractivity contribution in [2.45, 2.75) is 12.1 Å². The van der Waals surface area contributed by atoms with Crippen molar-refractivity contribution in [3.63, 3.8) is 0 Å². The quantitative estimate of drug-likeness (QED) is 0.798. The molecule has 2 rings (SSSR count). The van der Waals surface area contributed by atoms with E-state index in [1.54, 1.807) is 0 Å². The summed E-state index contributed by atoms with van der Waals surface area (Å²) in [4.78, 5) is 2.21. The van der Waals surface area contributed by atoms with E-state index in [2.05, 4.69) is 59.0 Å². The highest BCUT2D eigenvalue weighted by Gasteiger charge is 2.27. The number of likely N-dealkylation sites (N-methyl/N-ethyl adjacent to an activating group) is 1. The van der Waals surface area contributed by atoms with Crippen LogP contribution in [0.15, 0.2) is 18.2 Å². The maximum Gasteiger partial charge on any atom is 0.0993 e. The molecule has 2 atom stereocenters. The number of ether oxygens (including phenoxy) is 1. The lowest BCUT2D eigenvalue weighted by Crippen LogP contribution is -2.40. The van der Waals surface area contributed by atoms with Crippen LogP contribution in [-0.4, -0.2) is 44.7 Å². The fraction of sp³-hybridized carbons (Fsp3) is 0.538. The second kappa shape index (κ2) is 6.52. The summed E-state index contributed by atoms with van der Waals surface area (Å²) < 4.78 is 7.08. The Bertz CT molecular complexity index is 414. The van der Waals surface area contributed by atoms with Crippen LogP contribution in [0.1, 0.15) is 11.7 Å². The second-order valence-electron chi connectivity index (χ2n) is 4.70. The van der Waals surface area contributed by atoms with Crippen LogP contribution in [0.25, 0.3) is 0 Å². The molecule has 1 heterocycles. The average Bonchev–Trinajstić information content (AvgIpc) is 2.58. The van der Waals surface area contributed by atoms with Crippen molar-refractivity contribution in [3.05, 3.63) is 32.4 Å². The lowest BCUT2D eigenvalue weighted by molar-refractivity contribution is 0.0164. The summed E-state index contributed by atoms with van der Waals surface area (Å²) in [5.74, 6) is 0. The topological polar surface area (TPSA) is 24.5 Å². The van der Waals surface area contributed by atoms with E-state index in [4.69, 9.17) is 16.3 Å². The van der Waals surface area contributed by atoms with Crippen LogP contribution in [0.4, 0.5) is 0 Å². The normalized spacial score (nSPS) is 25.2. The van der Waals surface area contributed by atoms with Gasteiger partial charge in [0.05, 0.1) is 23.8 Å². The Hall–Kier alpha value is 0.120. The molecule has 1 saturated heterocycles. The molecule has 0 aliphatic carbocycles. The number of hydrogen-bond donors (Lipinski definition) is 1. The third-order valence-corrected chi connectivity index (χ3v) is 4.76. The maximum atomic E-state index is 6.08. The smallest absolute Gasteiger partial charge is 0.0993 e. The van der Waals surface area contributed by atoms with Crippen molar-refractivity contribution in [1.82, 2.24) is 10.2 Å². The van der Waals surface area contributed by atoms with Crippen molar-refractivity contribution >= 4 is 34.2 Å². The molecule has 0 unspecified atom stereocenters. The van der Waals surface area contributed by atoms with Crippen LogP contribution in [0, 0.1) is 3.57 Å². The largest absolute Gasteiger partial charge is 0.371 e. The molecule has 0 amide bonds. The van der Waals surface area contributed by atoms with Crippen LogP contribution < -0.4 is 5.32 Å². The molecule has 1 fully saturated rings. The van der Waals surface area contributed by atoms with Gasteiger partial charge in [0, 0.05) is 16.7 Å². The highest BCUT2D eigenvalue weighted by Crippen LogP contribution is 2.29. The van der Waals surface area contributed by atoms with Gasteiger partial charge in [0.15, 0.2) is 0 Å². The summed E-state index contributed by atoms with van der Waals surface area (Å²) in [6, 6.07) is 6.48. The van der Waals surface area contributed by atoms with Gasteiger partial charge < -0.3 is 15.0 Å². The van der Waals surface area contributed by atoms with Crippen molar-refractivity contribution < 1.29 is 4.74 Å². The zero-order chi connectivity index (χ0) is 13.1. The summed E-state index contributed by atoms with van der Waals surface area (Å²) >= 11 is 8.34. The fourth-order valence-electron chi connectivity index (χ4n) is 2.19. The van der Waals surface area contributed by atoms with E-state index >= 15 is 0 Å². The van der Waals surface area contributed by atoms with Gasteiger partial charge in [-0.25, -0.2) is 0 Å². The Morgan fingerprint density at radius 3 is 2.89 bits per heavy atom. The minimum absolute atomic E-state index is 0.0979. The predicted molar refractivity (Wildman–Crippen MR) is 83.2 cm³/mol. The summed E-state index contributed by atoms with van der Waals surface area (Å²) in [6.07, 6.45) is 0.0979. The van der Waals surface area contributed by atoms with Gasteiger partial charge in [-0.15, -0.1) is 0 Å². The maximum absolute atomic E-state index is 6.08. The van der Waals surface area contributed by atoms with Crippen LogP contribution in [0.5, 0.6) is 0 Å². The molecule has 1 aromatic carbocycles. The van der Waals surface area contributed by atoms with E-state index < -0.39 is 0 Å². The molecule has 18 heavy (non-hydrogen) atoms. The molecule has 5 heteroatoms. The molecule has 0 bridgehead atoms. The zero-order valence-electron chi connectivity index (χ0n) is 10.6. The first kappa shape index (κ1) is 14.5. The van der Waals surface area contributed by atoms with Gasteiger partial charge >= 0.3 is 0 Å². The molecule has 0 saturated carbocycles. The number of benzene rings is 1. The number of hydrogen-bond acceptors (Lipinski definition) is 3. The van der Waals surface area contributed by atoms with Gasteiger partial charge in [-0.1, -0.05) is 17.7 Å². The minimum Gasteiger partial charge on any atom is -0.371 e. The van der Waals surface area contributed by atoms with Gasteiger partial charge in [-0.2, -0.15) is 0 Å². The van der Waals surface area contributed by atoms with E-state index in [0.29, 0.717) is 6.04 Å². The first-order chi connectivity index (χ1) is 8.59. The van der Waals surface area contributed by atoms with Gasteiger partial charge in [0.25, 0.3) is 0 Å². The summed E-state index contributed by atoms with van der Waals surface area (Å²) in [7, 11) is 4.18. The van der Waals surface area contributed by atoms with E-state index in [1.165, 1.54) is 5.56 Å². The summed E-state index contributed by atoms with van der Waals surface area (Å²) in [6.45, 7) is 2.59. The van der Waals surface area contributed by atoms with E-state index in [-0.39, 0.29) is 6.10 Å². The third-order valence-electron chi connectivity index (χ3n) is 3.21. The summed E-state index contributed by atoms with van der Waals surface area (Å²) in [5.41, 5.74) is 1.20. The van der Waals surface area contributed by atoms with E-state index in [0.717, 1.165) is 28.3 Å². The Kier molecular flexibility index (Phi) is 5.26. The number of rotatable bonds is 2. The van der Waals surface area contributed by atoms with Crippen molar-refractivity contribution in [3.8, 4) is 0 Å². The van der Waals surface area contributed by atoms with Crippen LogP contribution in [-0.2, 0) is 4.74 Å². The van der Waals surface area contributed by atoms with Crippen molar-refractivity contribution in [2.75, 3.05) is 33.8 Å².